The molecule has 0 atom stereocenters. The fourth-order valence-corrected chi connectivity index (χ4v) is 2.90. The van der Waals surface area contributed by atoms with Crippen LogP contribution in [0.2, 0.25) is 0 Å². The van der Waals surface area contributed by atoms with Gasteiger partial charge in [-0.25, -0.2) is 4.98 Å². The molecular formula is C15H16N4S. The molecule has 2 heterocycles. The number of H-pyrrole nitrogens is 1. The lowest BCUT2D eigenvalue weighted by molar-refractivity contribution is 1.04. The van der Waals surface area contributed by atoms with Crippen molar-refractivity contribution in [3.63, 3.8) is 0 Å². The van der Waals surface area contributed by atoms with E-state index in [1.165, 1.54) is 10.4 Å². The molecule has 0 aliphatic carbocycles. The van der Waals surface area contributed by atoms with Gasteiger partial charge in [-0.3, -0.25) is 5.10 Å². The van der Waals surface area contributed by atoms with E-state index in [1.54, 1.807) is 11.3 Å². The lowest BCUT2D eigenvalue weighted by Gasteiger charge is -2.09. The van der Waals surface area contributed by atoms with Gasteiger partial charge in [0.15, 0.2) is 5.82 Å². The Morgan fingerprint density at radius 3 is 2.75 bits per heavy atom. The minimum Gasteiger partial charge on any atom is -0.380 e. The number of para-hydroxylation sites is 1. The quantitative estimate of drug-likeness (QED) is 0.767. The number of hydrogen-bond acceptors (Lipinski definition) is 4. The number of aromatic nitrogens is 3. The molecule has 3 aromatic rings. The van der Waals surface area contributed by atoms with Crippen LogP contribution in [-0.4, -0.2) is 15.2 Å². The van der Waals surface area contributed by atoms with Gasteiger partial charge in [0.1, 0.15) is 5.82 Å². The Balaban J connectivity index is 1.85. The number of anilines is 1. The van der Waals surface area contributed by atoms with Crippen LogP contribution in [0.15, 0.2) is 35.7 Å². The lowest BCUT2D eigenvalue weighted by atomic mass is 10.1. The van der Waals surface area contributed by atoms with Crippen LogP contribution >= 0.6 is 11.3 Å². The number of hydrogen-bond donors (Lipinski definition) is 2. The summed E-state index contributed by atoms with van der Waals surface area (Å²) in [6.45, 7) is 4.86. The molecule has 0 bridgehead atoms. The van der Waals surface area contributed by atoms with Gasteiger partial charge in [-0.15, -0.1) is 11.3 Å². The zero-order chi connectivity index (χ0) is 13.9. The minimum absolute atomic E-state index is 0.730. The van der Waals surface area contributed by atoms with Gasteiger partial charge in [0.05, 0.1) is 0 Å². The van der Waals surface area contributed by atoms with Gasteiger partial charge >= 0.3 is 0 Å². The van der Waals surface area contributed by atoms with E-state index in [9.17, 15) is 0 Å². The van der Waals surface area contributed by atoms with Crippen LogP contribution in [0.1, 0.15) is 16.3 Å². The zero-order valence-corrected chi connectivity index (χ0v) is 12.3. The molecule has 0 unspecified atom stereocenters. The molecule has 0 radical (unpaired) electrons. The van der Waals surface area contributed by atoms with Crippen molar-refractivity contribution in [1.82, 2.24) is 15.2 Å². The highest BCUT2D eigenvalue weighted by molar-refractivity contribution is 7.10. The first-order chi connectivity index (χ1) is 9.74. The van der Waals surface area contributed by atoms with Gasteiger partial charge in [0.2, 0.25) is 0 Å². The van der Waals surface area contributed by atoms with Crippen molar-refractivity contribution in [1.29, 1.82) is 0 Å². The van der Waals surface area contributed by atoms with Crippen molar-refractivity contribution in [3.8, 4) is 11.4 Å². The average Bonchev–Trinajstić information content (AvgIpc) is 3.06. The molecule has 0 spiro atoms. The van der Waals surface area contributed by atoms with E-state index >= 15 is 0 Å². The third-order valence-electron chi connectivity index (χ3n) is 3.17. The number of thiophene rings is 1. The second kappa shape index (κ2) is 5.46. The summed E-state index contributed by atoms with van der Waals surface area (Å²) in [5.74, 6) is 1.55. The molecule has 0 aliphatic rings. The summed E-state index contributed by atoms with van der Waals surface area (Å²) >= 11 is 1.77. The van der Waals surface area contributed by atoms with Crippen LogP contribution in [0.5, 0.6) is 0 Å². The fourth-order valence-electron chi connectivity index (χ4n) is 2.06. The number of nitrogens with one attached hydrogen (secondary N) is 2. The summed E-state index contributed by atoms with van der Waals surface area (Å²) in [5, 5.41) is 12.7. The van der Waals surface area contributed by atoms with Crippen molar-refractivity contribution < 1.29 is 0 Å². The first kappa shape index (κ1) is 12.9. The number of nitrogens with zero attached hydrogens (tertiary/aromatic N) is 2. The summed E-state index contributed by atoms with van der Waals surface area (Å²) in [6, 6.07) is 10.3. The third-order valence-corrected chi connectivity index (χ3v) is 4.20. The zero-order valence-electron chi connectivity index (χ0n) is 11.5. The van der Waals surface area contributed by atoms with Gasteiger partial charge in [0.25, 0.3) is 0 Å². The number of rotatable bonds is 4. The van der Waals surface area contributed by atoms with E-state index in [2.05, 4.69) is 44.9 Å². The Hall–Kier alpha value is -2.14. The van der Waals surface area contributed by atoms with Gasteiger partial charge < -0.3 is 5.32 Å². The van der Waals surface area contributed by atoms with E-state index in [4.69, 9.17) is 0 Å². The maximum absolute atomic E-state index is 4.40. The van der Waals surface area contributed by atoms with Gasteiger partial charge in [-0.05, 0) is 43.0 Å². The van der Waals surface area contributed by atoms with Crippen LogP contribution in [0.3, 0.4) is 0 Å². The first-order valence-electron chi connectivity index (χ1n) is 6.49. The van der Waals surface area contributed by atoms with Gasteiger partial charge in [-0.2, -0.15) is 5.10 Å². The molecule has 2 aromatic heterocycles. The SMILES string of the molecule is Cc1nc(-c2ccccc2NCc2sccc2C)n[nH]1. The predicted octanol–water partition coefficient (Wildman–Crippen LogP) is 3.76. The van der Waals surface area contributed by atoms with E-state index in [0.717, 1.165) is 29.4 Å². The Kier molecular flexibility index (Phi) is 3.52. The Bertz CT molecular complexity index is 714. The van der Waals surface area contributed by atoms with Crippen LogP contribution in [0, 0.1) is 13.8 Å². The number of aromatic amines is 1. The normalized spacial score (nSPS) is 10.7. The van der Waals surface area contributed by atoms with Crippen molar-refractivity contribution in [3.05, 3.63) is 52.0 Å². The summed E-state index contributed by atoms with van der Waals surface area (Å²) in [5.41, 5.74) is 3.40. The van der Waals surface area contributed by atoms with Crippen molar-refractivity contribution in [2.75, 3.05) is 5.32 Å². The second-order valence-electron chi connectivity index (χ2n) is 4.67. The highest BCUT2D eigenvalue weighted by atomic mass is 32.1. The third kappa shape index (κ3) is 2.58. The summed E-state index contributed by atoms with van der Waals surface area (Å²) in [6.07, 6.45) is 0. The summed E-state index contributed by atoms with van der Waals surface area (Å²) in [4.78, 5) is 5.75. The predicted molar refractivity (Wildman–Crippen MR) is 82.9 cm³/mol. The highest BCUT2D eigenvalue weighted by Crippen LogP contribution is 2.26. The second-order valence-corrected chi connectivity index (χ2v) is 5.67. The minimum atomic E-state index is 0.730. The van der Waals surface area contributed by atoms with E-state index in [-0.39, 0.29) is 0 Å². The standard InChI is InChI=1S/C15H16N4S/c1-10-7-8-20-14(10)9-16-13-6-4-3-5-12(13)15-17-11(2)18-19-15/h3-8,16H,9H2,1-2H3,(H,17,18,19). The van der Waals surface area contributed by atoms with Crippen LogP contribution in [0.25, 0.3) is 11.4 Å². The van der Waals surface area contributed by atoms with Gasteiger partial charge in [0, 0.05) is 22.7 Å². The monoisotopic (exact) mass is 284 g/mol. The molecule has 20 heavy (non-hydrogen) atoms. The maximum atomic E-state index is 4.40. The molecule has 0 fully saturated rings. The molecule has 0 aliphatic heterocycles. The molecule has 0 saturated carbocycles. The fraction of sp³-hybridized carbons (Fsp3) is 0.200. The van der Waals surface area contributed by atoms with Crippen LogP contribution in [0.4, 0.5) is 5.69 Å². The maximum Gasteiger partial charge on any atom is 0.183 e. The molecular weight excluding hydrogens is 268 g/mol. The molecule has 0 amide bonds. The van der Waals surface area contributed by atoms with Gasteiger partial charge in [-0.1, -0.05) is 12.1 Å². The molecule has 2 N–H and O–H groups in total. The van der Waals surface area contributed by atoms with E-state index in [1.807, 2.05) is 25.1 Å². The molecule has 102 valence electrons. The Morgan fingerprint density at radius 1 is 1.20 bits per heavy atom. The molecule has 4 nitrogen and oxygen atoms in total. The number of aryl methyl sites for hydroxylation is 2. The summed E-state index contributed by atoms with van der Waals surface area (Å²) in [7, 11) is 0. The topological polar surface area (TPSA) is 53.6 Å². The smallest absolute Gasteiger partial charge is 0.183 e. The molecule has 5 heteroatoms. The molecule has 0 saturated heterocycles. The summed E-state index contributed by atoms with van der Waals surface area (Å²) < 4.78 is 0. The van der Waals surface area contributed by atoms with Crippen molar-refractivity contribution >= 4 is 17.0 Å². The number of benzene rings is 1. The van der Waals surface area contributed by atoms with Crippen LogP contribution in [-0.2, 0) is 6.54 Å². The Labute approximate surface area is 121 Å². The van der Waals surface area contributed by atoms with E-state index < -0.39 is 0 Å². The lowest BCUT2D eigenvalue weighted by Crippen LogP contribution is -2.00. The molecule has 1 aromatic carbocycles. The van der Waals surface area contributed by atoms with E-state index in [0.29, 0.717) is 0 Å². The van der Waals surface area contributed by atoms with Crippen LogP contribution < -0.4 is 5.32 Å². The average molecular weight is 284 g/mol. The van der Waals surface area contributed by atoms with Crippen molar-refractivity contribution in [2.24, 2.45) is 0 Å². The van der Waals surface area contributed by atoms with Crippen molar-refractivity contribution in [2.45, 2.75) is 20.4 Å². The molecule has 3 rings (SSSR count). The largest absolute Gasteiger partial charge is 0.380 e. The first-order valence-corrected chi connectivity index (χ1v) is 7.37. The highest BCUT2D eigenvalue weighted by Gasteiger charge is 2.09. The Morgan fingerprint density at radius 2 is 2.05 bits per heavy atom.